The van der Waals surface area contributed by atoms with Gasteiger partial charge in [-0.2, -0.15) is 0 Å². The molecule has 0 radical (unpaired) electrons. The van der Waals surface area contributed by atoms with Gasteiger partial charge in [0.15, 0.2) is 0 Å². The molecule has 5 nitrogen and oxygen atoms in total. The zero-order valence-electron chi connectivity index (χ0n) is 40.9. The van der Waals surface area contributed by atoms with Crippen LogP contribution in [0, 0.1) is 0 Å². The van der Waals surface area contributed by atoms with E-state index < -0.39 is 6.10 Å². The number of hydrogen-bond donors (Lipinski definition) is 0. The smallest absolute Gasteiger partial charge is 0.305 e. The highest BCUT2D eigenvalue weighted by Crippen LogP contribution is 2.16. The fourth-order valence-electron chi connectivity index (χ4n) is 7.65. The minimum atomic E-state index is -0.405. The summed E-state index contributed by atoms with van der Waals surface area (Å²) in [7, 11) is 0. The van der Waals surface area contributed by atoms with Crippen molar-refractivity contribution in [3.05, 3.63) is 48.6 Å². The summed E-state index contributed by atoms with van der Waals surface area (Å²) in [6.45, 7) is 7.63. The van der Waals surface area contributed by atoms with Gasteiger partial charge in [0, 0.05) is 19.4 Å². The topological polar surface area (TPSA) is 61.8 Å². The van der Waals surface area contributed by atoms with Crippen LogP contribution in [0.3, 0.4) is 0 Å². The van der Waals surface area contributed by atoms with E-state index in [0.29, 0.717) is 19.4 Å². The van der Waals surface area contributed by atoms with Crippen LogP contribution in [0.1, 0.15) is 271 Å². The van der Waals surface area contributed by atoms with Gasteiger partial charge in [0.1, 0.15) is 19.3 Å². The number of ether oxygens (including phenoxy) is 3. The molecule has 0 aromatic rings. The minimum absolute atomic E-state index is 0.148. The van der Waals surface area contributed by atoms with E-state index in [1.807, 2.05) is 0 Å². The second-order valence-electron chi connectivity index (χ2n) is 17.8. The lowest BCUT2D eigenvalue weighted by molar-refractivity contribution is -0.155. The van der Waals surface area contributed by atoms with Gasteiger partial charge < -0.3 is 14.2 Å². The van der Waals surface area contributed by atoms with Gasteiger partial charge in [-0.05, 0) is 57.8 Å². The van der Waals surface area contributed by atoms with Gasteiger partial charge in [-0.1, -0.05) is 249 Å². The molecule has 0 N–H and O–H groups in total. The molecular weight excluding hydrogens is 753 g/mol. The molecule has 0 aliphatic carbocycles. The maximum Gasteiger partial charge on any atom is 0.305 e. The number of carbonyl (C=O) groups excluding carboxylic acids is 2. The first-order valence-corrected chi connectivity index (χ1v) is 26.7. The molecule has 1 atom stereocenters. The molecular formula is C56H102O5. The Balaban J connectivity index is 4.26. The fourth-order valence-corrected chi connectivity index (χ4v) is 7.65. The fraction of sp³-hybridized carbons (Fsp3) is 0.821. The maximum atomic E-state index is 12.6. The van der Waals surface area contributed by atoms with Crippen molar-refractivity contribution in [2.24, 2.45) is 0 Å². The molecule has 0 rings (SSSR count). The Bertz CT molecular complexity index is 1010. The quantitative estimate of drug-likeness (QED) is 0.0347. The molecule has 0 bridgehead atoms. The molecule has 0 aromatic heterocycles. The number of esters is 2. The first-order chi connectivity index (χ1) is 30.1. The number of carbonyl (C=O) groups is 2. The molecule has 0 fully saturated rings. The van der Waals surface area contributed by atoms with Crippen LogP contribution in [0.25, 0.3) is 0 Å². The first kappa shape index (κ1) is 58.9. The van der Waals surface area contributed by atoms with Crippen LogP contribution < -0.4 is 0 Å². The Morgan fingerprint density at radius 1 is 0.361 bits per heavy atom. The zero-order valence-corrected chi connectivity index (χ0v) is 40.9. The molecule has 61 heavy (non-hydrogen) atoms. The summed E-state index contributed by atoms with van der Waals surface area (Å²) < 4.78 is 17.4. The van der Waals surface area contributed by atoms with Crippen molar-refractivity contribution in [1.82, 2.24) is 0 Å². The number of allylic oxidation sites excluding steroid dienone is 8. The largest absolute Gasteiger partial charge is 0.463 e. The molecule has 0 saturated carbocycles. The van der Waals surface area contributed by atoms with Crippen LogP contribution in [0.5, 0.6) is 0 Å². The molecule has 356 valence electrons. The highest BCUT2D eigenvalue weighted by atomic mass is 16.6. The Hall–Kier alpha value is -2.14. The summed E-state index contributed by atoms with van der Waals surface area (Å²) in [5, 5.41) is 0. The zero-order chi connectivity index (χ0) is 44.2. The third kappa shape index (κ3) is 50.4. The summed E-state index contributed by atoms with van der Waals surface area (Å²) in [5.41, 5.74) is 0. The highest BCUT2D eigenvalue weighted by Gasteiger charge is 2.16. The first-order valence-electron chi connectivity index (χ1n) is 26.7. The molecule has 0 unspecified atom stereocenters. The van der Waals surface area contributed by atoms with Gasteiger partial charge in [-0.25, -0.2) is 0 Å². The van der Waals surface area contributed by atoms with Crippen molar-refractivity contribution in [3.63, 3.8) is 0 Å². The van der Waals surface area contributed by atoms with E-state index in [2.05, 4.69) is 69.4 Å². The maximum absolute atomic E-state index is 12.6. The normalized spacial score (nSPS) is 12.5. The lowest BCUT2D eigenvalue weighted by atomic mass is 10.0. The standard InChI is InChI=1S/C56H102O5/c1-4-7-10-13-16-19-22-25-27-29-30-32-35-38-41-44-47-50-56(58)61-53-54(52-60-55(57)49-46-43-40-37-34-24-21-18-15-12-9-6-3)59-51-48-45-42-39-36-33-31-28-26-23-20-17-14-11-8-5-2/h7,10,16,19,25,27,30,32,54H,4-6,8-9,11-15,17-18,20-24,26,28-29,31,33-53H2,1-3H3/b10-7-,19-16-,27-25-,32-30-/t54-/m0/s1. The second kappa shape index (κ2) is 52.2. The van der Waals surface area contributed by atoms with Crippen molar-refractivity contribution in [3.8, 4) is 0 Å². The third-order valence-electron chi connectivity index (χ3n) is 11.7. The van der Waals surface area contributed by atoms with E-state index in [9.17, 15) is 9.59 Å². The van der Waals surface area contributed by atoms with Crippen molar-refractivity contribution in [2.75, 3.05) is 19.8 Å². The average molecular weight is 855 g/mol. The van der Waals surface area contributed by atoms with Crippen molar-refractivity contribution < 1.29 is 23.8 Å². The van der Waals surface area contributed by atoms with Crippen LogP contribution in [-0.4, -0.2) is 37.9 Å². The van der Waals surface area contributed by atoms with Crippen molar-refractivity contribution in [1.29, 1.82) is 0 Å². The van der Waals surface area contributed by atoms with E-state index in [0.717, 1.165) is 83.5 Å². The predicted octanol–water partition coefficient (Wildman–Crippen LogP) is 18.0. The Kier molecular flexibility index (Phi) is 50.4. The van der Waals surface area contributed by atoms with Crippen molar-refractivity contribution >= 4 is 11.9 Å². The van der Waals surface area contributed by atoms with Crippen molar-refractivity contribution in [2.45, 2.75) is 277 Å². The number of rotatable bonds is 49. The van der Waals surface area contributed by atoms with Crippen LogP contribution >= 0.6 is 0 Å². The molecule has 5 heteroatoms. The Labute approximate surface area is 380 Å². The molecule has 0 amide bonds. The molecule has 0 saturated heterocycles. The Morgan fingerprint density at radius 3 is 1.05 bits per heavy atom. The molecule has 0 heterocycles. The van der Waals surface area contributed by atoms with Gasteiger partial charge in [0.2, 0.25) is 0 Å². The van der Waals surface area contributed by atoms with Gasteiger partial charge in [0.05, 0.1) is 0 Å². The molecule has 0 spiro atoms. The average Bonchev–Trinajstić information content (AvgIpc) is 3.26. The number of hydrogen-bond acceptors (Lipinski definition) is 5. The lowest BCUT2D eigenvalue weighted by Crippen LogP contribution is -2.29. The van der Waals surface area contributed by atoms with Crippen LogP contribution in [0.15, 0.2) is 48.6 Å². The monoisotopic (exact) mass is 855 g/mol. The number of unbranched alkanes of at least 4 members (excludes halogenated alkanes) is 30. The van der Waals surface area contributed by atoms with E-state index in [4.69, 9.17) is 14.2 Å². The van der Waals surface area contributed by atoms with Crippen LogP contribution in [-0.2, 0) is 23.8 Å². The highest BCUT2D eigenvalue weighted by molar-refractivity contribution is 5.69. The van der Waals surface area contributed by atoms with Gasteiger partial charge >= 0.3 is 11.9 Å². The summed E-state index contributed by atoms with van der Waals surface area (Å²) >= 11 is 0. The minimum Gasteiger partial charge on any atom is -0.463 e. The third-order valence-corrected chi connectivity index (χ3v) is 11.7. The van der Waals surface area contributed by atoms with E-state index in [1.54, 1.807) is 0 Å². The van der Waals surface area contributed by atoms with Crippen LogP contribution in [0.4, 0.5) is 0 Å². The van der Waals surface area contributed by atoms with Gasteiger partial charge in [0.25, 0.3) is 0 Å². The summed E-state index contributed by atoms with van der Waals surface area (Å²) in [6, 6.07) is 0. The van der Waals surface area contributed by atoms with E-state index in [1.165, 1.54) is 154 Å². The SMILES string of the molecule is CC/C=C\C/C=C\C/C=C\C/C=C\CCCCCCC(=O)OC[C@H](COC(=O)CCCCCCCCCCCCCC)OCCCCCCCCCCCCCCCCCC. The summed E-state index contributed by atoms with van der Waals surface area (Å²) in [6.07, 6.45) is 64.3. The molecule has 0 aliphatic rings. The molecule has 0 aromatic carbocycles. The Morgan fingerprint density at radius 2 is 0.672 bits per heavy atom. The van der Waals surface area contributed by atoms with Crippen LogP contribution in [0.2, 0.25) is 0 Å². The van der Waals surface area contributed by atoms with Gasteiger partial charge in [-0.15, -0.1) is 0 Å². The predicted molar refractivity (Wildman–Crippen MR) is 265 cm³/mol. The van der Waals surface area contributed by atoms with E-state index >= 15 is 0 Å². The summed E-state index contributed by atoms with van der Waals surface area (Å²) in [5.74, 6) is -0.350. The summed E-state index contributed by atoms with van der Waals surface area (Å²) in [4.78, 5) is 25.2. The molecule has 0 aliphatic heterocycles. The lowest BCUT2D eigenvalue weighted by Gasteiger charge is -2.18. The van der Waals surface area contributed by atoms with E-state index in [-0.39, 0.29) is 25.2 Å². The second-order valence-corrected chi connectivity index (χ2v) is 17.8. The van der Waals surface area contributed by atoms with Gasteiger partial charge in [-0.3, -0.25) is 9.59 Å².